The van der Waals surface area contributed by atoms with Gasteiger partial charge >= 0.3 is 6.36 Å². The van der Waals surface area contributed by atoms with Crippen molar-refractivity contribution in [1.82, 2.24) is 10.2 Å². The molecule has 25 heavy (non-hydrogen) atoms. The third kappa shape index (κ3) is 5.01. The number of alkyl halides is 3. The molecule has 2 aliphatic heterocycles. The van der Waals surface area contributed by atoms with Crippen molar-refractivity contribution in [1.29, 1.82) is 0 Å². The van der Waals surface area contributed by atoms with Crippen LogP contribution in [-0.2, 0) is 0 Å². The van der Waals surface area contributed by atoms with E-state index >= 15 is 0 Å². The van der Waals surface area contributed by atoms with E-state index in [4.69, 9.17) is 0 Å². The second-order valence-corrected chi connectivity index (χ2v) is 6.61. The molecule has 140 valence electrons. The Balaban J connectivity index is 0.00000225. The van der Waals surface area contributed by atoms with Gasteiger partial charge in [0.1, 0.15) is 5.75 Å². The highest BCUT2D eigenvalue weighted by atomic mass is 35.5. The van der Waals surface area contributed by atoms with Crippen LogP contribution in [0.15, 0.2) is 24.3 Å². The Morgan fingerprint density at radius 1 is 1.04 bits per heavy atom. The number of carbonyl (C=O) groups excluding carboxylic acids is 1. The number of carbonyl (C=O) groups is 1. The third-order valence-electron chi connectivity index (χ3n) is 5.11. The summed E-state index contributed by atoms with van der Waals surface area (Å²) in [5.41, 5.74) is 0.748. The van der Waals surface area contributed by atoms with E-state index in [9.17, 15) is 18.0 Å². The molecule has 1 aromatic carbocycles. The van der Waals surface area contributed by atoms with Gasteiger partial charge in [0, 0.05) is 18.7 Å². The van der Waals surface area contributed by atoms with Crippen LogP contribution in [0.25, 0.3) is 0 Å². The van der Waals surface area contributed by atoms with Crippen LogP contribution in [0.3, 0.4) is 0 Å². The molecule has 0 unspecified atom stereocenters. The number of halogens is 4. The van der Waals surface area contributed by atoms with Crippen molar-refractivity contribution in [2.75, 3.05) is 26.2 Å². The standard InChI is InChI=1S/C17H21F3N2O2.ClH/c18-17(19,20)24-14-3-1-13(2-4-14)15(23)22-11-7-16(8-12-22)5-9-21-10-6-16;/h1-4,21H,5-12H2;1H. The number of piperidine rings is 2. The Hall–Kier alpha value is -1.47. The predicted molar refractivity (Wildman–Crippen MR) is 90.0 cm³/mol. The van der Waals surface area contributed by atoms with Crippen LogP contribution in [0.5, 0.6) is 5.75 Å². The maximum atomic E-state index is 12.5. The minimum absolute atomic E-state index is 0. The number of rotatable bonds is 2. The lowest BCUT2D eigenvalue weighted by Crippen LogP contribution is -2.47. The molecule has 3 rings (SSSR count). The van der Waals surface area contributed by atoms with Crippen LogP contribution < -0.4 is 10.1 Å². The van der Waals surface area contributed by atoms with Crippen molar-refractivity contribution in [2.24, 2.45) is 5.41 Å². The second kappa shape index (κ2) is 7.83. The number of amides is 1. The first kappa shape index (κ1) is 19.8. The number of likely N-dealkylation sites (tertiary alicyclic amines) is 1. The molecule has 1 aromatic rings. The van der Waals surface area contributed by atoms with Crippen LogP contribution in [-0.4, -0.2) is 43.3 Å². The maximum absolute atomic E-state index is 12.5. The minimum atomic E-state index is -4.72. The Morgan fingerprint density at radius 3 is 2.12 bits per heavy atom. The first-order chi connectivity index (χ1) is 11.4. The van der Waals surface area contributed by atoms with Crippen LogP contribution in [0.2, 0.25) is 0 Å². The fourth-order valence-electron chi connectivity index (χ4n) is 3.62. The molecule has 0 radical (unpaired) electrons. The van der Waals surface area contributed by atoms with Gasteiger partial charge in [0.05, 0.1) is 0 Å². The van der Waals surface area contributed by atoms with Crippen LogP contribution in [0, 0.1) is 5.41 Å². The molecule has 4 nitrogen and oxygen atoms in total. The summed E-state index contributed by atoms with van der Waals surface area (Å²) < 4.78 is 40.3. The van der Waals surface area contributed by atoms with E-state index in [0.717, 1.165) is 38.8 Å². The lowest BCUT2D eigenvalue weighted by Gasteiger charge is -2.44. The largest absolute Gasteiger partial charge is 0.573 e. The predicted octanol–water partition coefficient (Wildman–Crippen LogP) is 3.61. The van der Waals surface area contributed by atoms with E-state index in [1.807, 2.05) is 0 Å². The van der Waals surface area contributed by atoms with Gasteiger partial charge < -0.3 is 15.0 Å². The Bertz CT molecular complexity index is 577. The minimum Gasteiger partial charge on any atom is -0.406 e. The number of nitrogens with one attached hydrogen (secondary N) is 1. The fourth-order valence-corrected chi connectivity index (χ4v) is 3.62. The summed E-state index contributed by atoms with van der Waals surface area (Å²) >= 11 is 0. The molecular weight excluding hydrogens is 357 g/mol. The second-order valence-electron chi connectivity index (χ2n) is 6.61. The van der Waals surface area contributed by atoms with E-state index in [2.05, 4.69) is 10.1 Å². The van der Waals surface area contributed by atoms with Crippen molar-refractivity contribution in [3.8, 4) is 5.75 Å². The molecule has 1 N–H and O–H groups in total. The summed E-state index contributed by atoms with van der Waals surface area (Å²) in [5, 5.41) is 3.37. The molecule has 0 bridgehead atoms. The van der Waals surface area contributed by atoms with Crippen LogP contribution in [0.4, 0.5) is 13.2 Å². The zero-order valence-corrected chi connectivity index (χ0v) is 14.6. The van der Waals surface area contributed by atoms with Gasteiger partial charge in [-0.05, 0) is 68.5 Å². The average Bonchev–Trinajstić information content (AvgIpc) is 2.55. The summed E-state index contributed by atoms with van der Waals surface area (Å²) in [5.74, 6) is -0.441. The van der Waals surface area contributed by atoms with E-state index < -0.39 is 6.36 Å². The molecule has 2 heterocycles. The molecule has 8 heteroatoms. The fraction of sp³-hybridized carbons (Fsp3) is 0.588. The lowest BCUT2D eigenvalue weighted by molar-refractivity contribution is -0.274. The van der Waals surface area contributed by atoms with Gasteiger partial charge in [-0.15, -0.1) is 25.6 Å². The van der Waals surface area contributed by atoms with E-state index in [0.29, 0.717) is 24.1 Å². The Kier molecular flexibility index (Phi) is 6.21. The molecule has 0 aliphatic carbocycles. The highest BCUT2D eigenvalue weighted by molar-refractivity contribution is 5.94. The van der Waals surface area contributed by atoms with Crippen molar-refractivity contribution in [3.63, 3.8) is 0 Å². The van der Waals surface area contributed by atoms with E-state index in [-0.39, 0.29) is 24.1 Å². The zero-order valence-electron chi connectivity index (χ0n) is 13.8. The lowest BCUT2D eigenvalue weighted by atomic mass is 9.71. The Morgan fingerprint density at radius 2 is 1.60 bits per heavy atom. The molecule has 0 aromatic heterocycles. The summed E-state index contributed by atoms with van der Waals surface area (Å²) in [6.45, 7) is 3.49. The maximum Gasteiger partial charge on any atom is 0.573 e. The van der Waals surface area contributed by atoms with Gasteiger partial charge in [0.15, 0.2) is 0 Å². The zero-order chi connectivity index (χ0) is 17.2. The van der Waals surface area contributed by atoms with Gasteiger partial charge in [-0.3, -0.25) is 4.79 Å². The Labute approximate surface area is 151 Å². The van der Waals surface area contributed by atoms with Gasteiger partial charge in [-0.1, -0.05) is 0 Å². The summed E-state index contributed by atoms with van der Waals surface area (Å²) in [7, 11) is 0. The quantitative estimate of drug-likeness (QED) is 0.854. The SMILES string of the molecule is Cl.O=C(c1ccc(OC(F)(F)F)cc1)N1CCC2(CCNCC2)CC1. The van der Waals surface area contributed by atoms with E-state index in [1.54, 1.807) is 4.90 Å². The third-order valence-corrected chi connectivity index (χ3v) is 5.11. The number of benzene rings is 1. The summed E-state index contributed by atoms with van der Waals surface area (Å²) in [6, 6.07) is 5.13. The van der Waals surface area contributed by atoms with Gasteiger partial charge in [0.2, 0.25) is 0 Å². The first-order valence-electron chi connectivity index (χ1n) is 8.23. The van der Waals surface area contributed by atoms with Crippen molar-refractivity contribution in [3.05, 3.63) is 29.8 Å². The first-order valence-corrected chi connectivity index (χ1v) is 8.23. The molecule has 2 saturated heterocycles. The normalized spacial score (nSPS) is 20.0. The molecule has 0 saturated carbocycles. The molecular formula is C17H22ClF3N2O2. The number of ether oxygens (including phenoxy) is 1. The van der Waals surface area contributed by atoms with Crippen LogP contribution in [0.1, 0.15) is 36.0 Å². The smallest absolute Gasteiger partial charge is 0.406 e. The number of nitrogens with zero attached hydrogens (tertiary/aromatic N) is 1. The van der Waals surface area contributed by atoms with Gasteiger partial charge in [-0.25, -0.2) is 0 Å². The van der Waals surface area contributed by atoms with Gasteiger partial charge in [-0.2, -0.15) is 0 Å². The molecule has 2 fully saturated rings. The summed E-state index contributed by atoms with van der Waals surface area (Å²) in [6.07, 6.45) is -0.427. The van der Waals surface area contributed by atoms with Gasteiger partial charge in [0.25, 0.3) is 5.91 Å². The molecule has 2 aliphatic rings. The van der Waals surface area contributed by atoms with Crippen molar-refractivity contribution in [2.45, 2.75) is 32.0 Å². The highest BCUT2D eigenvalue weighted by Crippen LogP contribution is 2.39. The molecule has 1 amide bonds. The van der Waals surface area contributed by atoms with Crippen LogP contribution >= 0.6 is 12.4 Å². The van der Waals surface area contributed by atoms with E-state index in [1.165, 1.54) is 24.3 Å². The molecule has 0 atom stereocenters. The number of hydrogen-bond donors (Lipinski definition) is 1. The summed E-state index contributed by atoms with van der Waals surface area (Å²) in [4.78, 5) is 14.3. The topological polar surface area (TPSA) is 41.6 Å². The highest BCUT2D eigenvalue weighted by Gasteiger charge is 2.37. The van der Waals surface area contributed by atoms with Crippen molar-refractivity contribution < 1.29 is 22.7 Å². The average molecular weight is 379 g/mol. The molecule has 1 spiro atoms. The van der Waals surface area contributed by atoms with Crippen molar-refractivity contribution >= 4 is 18.3 Å². The monoisotopic (exact) mass is 378 g/mol. The number of hydrogen-bond acceptors (Lipinski definition) is 3.